The van der Waals surface area contributed by atoms with Gasteiger partial charge >= 0.3 is 5.97 Å². The van der Waals surface area contributed by atoms with Gasteiger partial charge in [0.1, 0.15) is 12.1 Å². The SMILES string of the molecule is NCCCCC(N)C(=O)NC(Cc1ccccc1)C(=O)NC(CC(N)=O)C(=O)O. The molecule has 0 bridgehead atoms. The zero-order valence-electron chi connectivity index (χ0n) is 16.2. The maximum atomic E-state index is 12.7. The molecule has 29 heavy (non-hydrogen) atoms. The van der Waals surface area contributed by atoms with Crippen LogP contribution in [0.25, 0.3) is 0 Å². The van der Waals surface area contributed by atoms with Crippen LogP contribution in [0.2, 0.25) is 0 Å². The largest absolute Gasteiger partial charge is 0.480 e. The van der Waals surface area contributed by atoms with Gasteiger partial charge < -0.3 is 32.9 Å². The first-order valence-electron chi connectivity index (χ1n) is 9.36. The van der Waals surface area contributed by atoms with Crippen molar-refractivity contribution < 1.29 is 24.3 Å². The van der Waals surface area contributed by atoms with Crippen molar-refractivity contribution in [1.82, 2.24) is 10.6 Å². The lowest BCUT2D eigenvalue weighted by atomic mass is 10.0. The van der Waals surface area contributed by atoms with E-state index in [0.717, 1.165) is 12.0 Å². The number of hydrogen-bond donors (Lipinski definition) is 6. The molecular weight excluding hydrogens is 378 g/mol. The molecule has 0 fully saturated rings. The fourth-order valence-corrected chi connectivity index (χ4v) is 2.65. The number of carbonyl (C=O) groups is 4. The molecule has 0 saturated heterocycles. The van der Waals surface area contributed by atoms with Crippen molar-refractivity contribution in [3.8, 4) is 0 Å². The molecule has 1 aromatic carbocycles. The molecule has 3 atom stereocenters. The first kappa shape index (κ1) is 24.1. The average Bonchev–Trinajstić information content (AvgIpc) is 2.67. The lowest BCUT2D eigenvalue weighted by molar-refractivity contribution is -0.143. The van der Waals surface area contributed by atoms with Crippen molar-refractivity contribution in [2.45, 2.75) is 50.2 Å². The van der Waals surface area contributed by atoms with Crippen molar-refractivity contribution in [1.29, 1.82) is 0 Å². The van der Waals surface area contributed by atoms with E-state index in [4.69, 9.17) is 17.2 Å². The predicted octanol–water partition coefficient (Wildman–Crippen LogP) is -1.38. The van der Waals surface area contributed by atoms with Crippen LogP contribution in [0.5, 0.6) is 0 Å². The molecule has 0 aliphatic carbocycles. The van der Waals surface area contributed by atoms with Crippen LogP contribution in [-0.4, -0.2) is 53.5 Å². The Morgan fingerprint density at radius 1 is 0.966 bits per heavy atom. The van der Waals surface area contributed by atoms with Gasteiger partial charge in [0.15, 0.2) is 0 Å². The Morgan fingerprint density at radius 3 is 2.14 bits per heavy atom. The van der Waals surface area contributed by atoms with Gasteiger partial charge in [0, 0.05) is 6.42 Å². The molecule has 0 heterocycles. The number of aliphatic carboxylic acids is 1. The van der Waals surface area contributed by atoms with Crippen LogP contribution >= 0.6 is 0 Å². The van der Waals surface area contributed by atoms with Crippen molar-refractivity contribution in [2.24, 2.45) is 17.2 Å². The molecule has 0 aliphatic heterocycles. The van der Waals surface area contributed by atoms with Gasteiger partial charge in [0.25, 0.3) is 0 Å². The topological polar surface area (TPSA) is 191 Å². The van der Waals surface area contributed by atoms with Crippen molar-refractivity contribution in [2.75, 3.05) is 6.54 Å². The number of benzene rings is 1. The fraction of sp³-hybridized carbons (Fsp3) is 0.474. The Balaban J connectivity index is 2.89. The lowest BCUT2D eigenvalue weighted by Crippen LogP contribution is -2.55. The zero-order chi connectivity index (χ0) is 21.8. The number of nitrogens with two attached hydrogens (primary N) is 3. The van der Waals surface area contributed by atoms with Gasteiger partial charge in [0.05, 0.1) is 12.5 Å². The Hall–Kier alpha value is -2.98. The Morgan fingerprint density at radius 2 is 1.59 bits per heavy atom. The third-order valence-corrected chi connectivity index (χ3v) is 4.24. The van der Waals surface area contributed by atoms with E-state index < -0.39 is 48.2 Å². The molecule has 0 aliphatic rings. The Bertz CT molecular complexity index is 697. The van der Waals surface area contributed by atoms with Crippen LogP contribution in [0, 0.1) is 0 Å². The van der Waals surface area contributed by atoms with Crippen LogP contribution < -0.4 is 27.8 Å². The number of carboxylic acid groups (broad SMARTS) is 1. The van der Waals surface area contributed by atoms with E-state index in [1.54, 1.807) is 30.3 Å². The highest BCUT2D eigenvalue weighted by Crippen LogP contribution is 2.06. The summed E-state index contributed by atoms with van der Waals surface area (Å²) in [6, 6.07) is 5.51. The van der Waals surface area contributed by atoms with Gasteiger partial charge in [-0.1, -0.05) is 36.8 Å². The van der Waals surface area contributed by atoms with Gasteiger partial charge in [0.2, 0.25) is 17.7 Å². The summed E-state index contributed by atoms with van der Waals surface area (Å²) in [4.78, 5) is 47.4. The molecule has 3 unspecified atom stereocenters. The van der Waals surface area contributed by atoms with Crippen molar-refractivity contribution in [3.05, 3.63) is 35.9 Å². The second kappa shape index (κ2) is 12.5. The molecule has 3 amide bonds. The zero-order valence-corrected chi connectivity index (χ0v) is 16.2. The molecule has 0 aromatic heterocycles. The number of nitrogens with one attached hydrogen (secondary N) is 2. The third-order valence-electron chi connectivity index (χ3n) is 4.24. The summed E-state index contributed by atoms with van der Waals surface area (Å²) in [6.45, 7) is 0.490. The smallest absolute Gasteiger partial charge is 0.326 e. The van der Waals surface area contributed by atoms with Crippen molar-refractivity contribution >= 4 is 23.7 Å². The number of hydrogen-bond acceptors (Lipinski definition) is 6. The second-order valence-electron chi connectivity index (χ2n) is 6.71. The summed E-state index contributed by atoms with van der Waals surface area (Å²) in [7, 11) is 0. The monoisotopic (exact) mass is 407 g/mol. The number of amides is 3. The van der Waals surface area contributed by atoms with Crippen LogP contribution in [0.4, 0.5) is 0 Å². The van der Waals surface area contributed by atoms with Gasteiger partial charge in [-0.25, -0.2) is 4.79 Å². The highest BCUT2D eigenvalue weighted by Gasteiger charge is 2.29. The van der Waals surface area contributed by atoms with Crippen LogP contribution in [0.1, 0.15) is 31.2 Å². The van der Waals surface area contributed by atoms with Gasteiger partial charge in [-0.3, -0.25) is 14.4 Å². The molecule has 0 spiro atoms. The van der Waals surface area contributed by atoms with E-state index in [-0.39, 0.29) is 6.42 Å². The summed E-state index contributed by atoms with van der Waals surface area (Å²) < 4.78 is 0. The highest BCUT2D eigenvalue weighted by molar-refractivity contribution is 5.93. The first-order valence-corrected chi connectivity index (χ1v) is 9.36. The molecule has 10 nitrogen and oxygen atoms in total. The van der Waals surface area contributed by atoms with E-state index in [1.807, 2.05) is 0 Å². The number of carboxylic acids is 1. The van der Waals surface area contributed by atoms with Crippen molar-refractivity contribution in [3.63, 3.8) is 0 Å². The van der Waals surface area contributed by atoms with Crippen LogP contribution in [-0.2, 0) is 25.6 Å². The second-order valence-corrected chi connectivity index (χ2v) is 6.71. The fourth-order valence-electron chi connectivity index (χ4n) is 2.65. The number of unbranched alkanes of at least 4 members (excludes halogenated alkanes) is 1. The Kier molecular flexibility index (Phi) is 10.3. The predicted molar refractivity (Wildman–Crippen MR) is 106 cm³/mol. The summed E-state index contributed by atoms with van der Waals surface area (Å²) in [5.41, 5.74) is 17.1. The summed E-state index contributed by atoms with van der Waals surface area (Å²) in [5.74, 6) is -3.55. The lowest BCUT2D eigenvalue weighted by Gasteiger charge is -2.22. The van der Waals surface area contributed by atoms with E-state index in [1.165, 1.54) is 0 Å². The van der Waals surface area contributed by atoms with E-state index in [2.05, 4.69) is 10.6 Å². The number of rotatable bonds is 13. The maximum absolute atomic E-state index is 12.7. The molecule has 1 aromatic rings. The third kappa shape index (κ3) is 9.17. The van der Waals surface area contributed by atoms with Crippen LogP contribution in [0.3, 0.4) is 0 Å². The summed E-state index contributed by atoms with van der Waals surface area (Å²) in [6.07, 6.45) is 1.35. The summed E-state index contributed by atoms with van der Waals surface area (Å²) in [5, 5.41) is 14.0. The van der Waals surface area contributed by atoms with Crippen LogP contribution in [0.15, 0.2) is 30.3 Å². The minimum atomic E-state index is -1.49. The molecule has 160 valence electrons. The Labute approximate surface area is 169 Å². The maximum Gasteiger partial charge on any atom is 0.326 e. The molecule has 1 rings (SSSR count). The normalized spacial score (nSPS) is 13.7. The molecule has 9 N–H and O–H groups in total. The van der Waals surface area contributed by atoms with Gasteiger partial charge in [-0.15, -0.1) is 0 Å². The van der Waals surface area contributed by atoms with Gasteiger partial charge in [-0.05, 0) is 24.9 Å². The number of primary amides is 1. The summed E-state index contributed by atoms with van der Waals surface area (Å²) >= 11 is 0. The molecule has 0 saturated carbocycles. The van der Waals surface area contributed by atoms with E-state index in [0.29, 0.717) is 19.4 Å². The standard InChI is InChI=1S/C19H29N5O5/c20-9-5-4-8-13(21)17(26)23-14(10-12-6-2-1-3-7-12)18(27)24-15(19(28)29)11-16(22)25/h1-3,6-7,13-15H,4-5,8-11,20-21H2,(H2,22,25)(H,23,26)(H,24,27)(H,28,29). The molecular formula is C19H29N5O5. The first-order chi connectivity index (χ1) is 13.7. The molecule has 10 heteroatoms. The number of carbonyl (C=O) groups excluding carboxylic acids is 3. The van der Waals surface area contributed by atoms with Gasteiger partial charge in [-0.2, -0.15) is 0 Å². The minimum absolute atomic E-state index is 0.122. The highest BCUT2D eigenvalue weighted by atomic mass is 16.4. The molecule has 0 radical (unpaired) electrons. The quantitative estimate of drug-likeness (QED) is 0.217. The minimum Gasteiger partial charge on any atom is -0.480 e. The average molecular weight is 407 g/mol. The van der Waals surface area contributed by atoms with E-state index in [9.17, 15) is 24.3 Å². The van der Waals surface area contributed by atoms with E-state index >= 15 is 0 Å².